The van der Waals surface area contributed by atoms with E-state index in [-0.39, 0.29) is 5.56 Å². The molecule has 0 amide bonds. The Balaban J connectivity index is 2.12. The molecule has 4 nitrogen and oxygen atoms in total. The van der Waals surface area contributed by atoms with Crippen LogP contribution in [-0.2, 0) is 0 Å². The number of nitrogens with zero attached hydrogens (tertiary/aromatic N) is 1. The van der Waals surface area contributed by atoms with Gasteiger partial charge in [0.2, 0.25) is 0 Å². The van der Waals surface area contributed by atoms with Crippen LogP contribution in [0.25, 0.3) is 0 Å². The lowest BCUT2D eigenvalue weighted by Crippen LogP contribution is -2.33. The summed E-state index contributed by atoms with van der Waals surface area (Å²) in [7, 11) is 0. The molecule has 3 unspecified atom stereocenters. The maximum Gasteiger partial charge on any atom is 0.339 e. The summed E-state index contributed by atoms with van der Waals surface area (Å²) < 4.78 is 0. The van der Waals surface area contributed by atoms with Crippen molar-refractivity contribution in [1.29, 1.82) is 0 Å². The number of pyridine rings is 1. The predicted octanol–water partition coefficient (Wildman–Crippen LogP) is 3.02. The van der Waals surface area contributed by atoms with Crippen molar-refractivity contribution in [3.05, 3.63) is 23.9 Å². The first-order valence-corrected chi connectivity index (χ1v) is 6.52. The fraction of sp³-hybridized carbons (Fsp3) is 0.571. The lowest BCUT2D eigenvalue weighted by Gasteiger charge is -2.33. The van der Waals surface area contributed by atoms with Crippen LogP contribution in [0.3, 0.4) is 0 Å². The Labute approximate surface area is 107 Å². The molecule has 1 saturated carbocycles. The van der Waals surface area contributed by atoms with Gasteiger partial charge in [0.05, 0.1) is 0 Å². The van der Waals surface area contributed by atoms with Crippen LogP contribution in [0.1, 0.15) is 43.5 Å². The van der Waals surface area contributed by atoms with Gasteiger partial charge in [0, 0.05) is 12.2 Å². The van der Waals surface area contributed by atoms with E-state index in [1.807, 2.05) is 0 Å². The molecule has 2 N–H and O–H groups in total. The van der Waals surface area contributed by atoms with Crippen molar-refractivity contribution in [2.24, 2.45) is 11.8 Å². The van der Waals surface area contributed by atoms with E-state index in [0.717, 1.165) is 12.3 Å². The topological polar surface area (TPSA) is 62.2 Å². The Morgan fingerprint density at radius 1 is 1.44 bits per heavy atom. The Kier molecular flexibility index (Phi) is 3.84. The Morgan fingerprint density at radius 2 is 2.22 bits per heavy atom. The largest absolute Gasteiger partial charge is 0.478 e. The minimum absolute atomic E-state index is 0.253. The molecule has 3 atom stereocenters. The molecule has 0 saturated heterocycles. The minimum atomic E-state index is -0.928. The third-order valence-corrected chi connectivity index (χ3v) is 3.79. The summed E-state index contributed by atoms with van der Waals surface area (Å²) in [5.41, 5.74) is 0.253. The highest BCUT2D eigenvalue weighted by Crippen LogP contribution is 2.30. The molecule has 0 aliphatic heterocycles. The highest BCUT2D eigenvalue weighted by molar-refractivity contribution is 5.93. The molecule has 1 aromatic heterocycles. The Morgan fingerprint density at radius 3 is 2.89 bits per heavy atom. The second-order valence-electron chi connectivity index (χ2n) is 5.35. The van der Waals surface area contributed by atoms with Crippen LogP contribution in [-0.4, -0.2) is 22.1 Å². The number of aromatic carboxylic acids is 1. The van der Waals surface area contributed by atoms with Gasteiger partial charge in [0.1, 0.15) is 11.4 Å². The molecule has 1 fully saturated rings. The number of carboxylic acid groups (broad SMARTS) is 1. The van der Waals surface area contributed by atoms with Crippen LogP contribution in [0.4, 0.5) is 5.82 Å². The van der Waals surface area contributed by atoms with Gasteiger partial charge in [-0.15, -0.1) is 0 Å². The van der Waals surface area contributed by atoms with Crippen molar-refractivity contribution in [1.82, 2.24) is 4.98 Å². The lowest BCUT2D eigenvalue weighted by molar-refractivity contribution is 0.0697. The molecule has 1 aliphatic carbocycles. The van der Waals surface area contributed by atoms with Crippen LogP contribution in [0, 0.1) is 11.8 Å². The molecule has 2 rings (SSSR count). The first kappa shape index (κ1) is 12.9. The van der Waals surface area contributed by atoms with Gasteiger partial charge in [-0.2, -0.15) is 0 Å². The van der Waals surface area contributed by atoms with Gasteiger partial charge in [0.25, 0.3) is 0 Å². The highest BCUT2D eigenvalue weighted by atomic mass is 16.4. The summed E-state index contributed by atoms with van der Waals surface area (Å²) in [5.74, 6) is 0.886. The Hall–Kier alpha value is -1.58. The second-order valence-corrected chi connectivity index (χ2v) is 5.35. The zero-order chi connectivity index (χ0) is 13.1. The van der Waals surface area contributed by atoms with Crippen molar-refractivity contribution >= 4 is 11.8 Å². The van der Waals surface area contributed by atoms with Gasteiger partial charge in [0.15, 0.2) is 0 Å². The molecule has 0 bridgehead atoms. The molecule has 1 aliphatic rings. The molecule has 1 aromatic rings. The van der Waals surface area contributed by atoms with Crippen LogP contribution in [0.5, 0.6) is 0 Å². The maximum atomic E-state index is 11.1. The van der Waals surface area contributed by atoms with E-state index in [1.165, 1.54) is 12.8 Å². The normalized spacial score (nSPS) is 27.8. The quantitative estimate of drug-likeness (QED) is 0.863. The summed E-state index contributed by atoms with van der Waals surface area (Å²) >= 11 is 0. The van der Waals surface area contributed by atoms with Crippen molar-refractivity contribution in [3.8, 4) is 0 Å². The number of rotatable bonds is 3. The number of anilines is 1. The summed E-state index contributed by atoms with van der Waals surface area (Å²) in [5, 5.41) is 12.4. The van der Waals surface area contributed by atoms with E-state index in [1.54, 1.807) is 18.3 Å². The van der Waals surface area contributed by atoms with E-state index < -0.39 is 5.97 Å². The van der Waals surface area contributed by atoms with Crippen molar-refractivity contribution in [2.45, 2.75) is 39.2 Å². The van der Waals surface area contributed by atoms with E-state index in [0.29, 0.717) is 17.8 Å². The first-order valence-electron chi connectivity index (χ1n) is 6.52. The van der Waals surface area contributed by atoms with E-state index in [9.17, 15) is 4.79 Å². The van der Waals surface area contributed by atoms with Gasteiger partial charge in [-0.3, -0.25) is 0 Å². The zero-order valence-corrected chi connectivity index (χ0v) is 10.9. The van der Waals surface area contributed by atoms with Gasteiger partial charge in [-0.05, 0) is 43.2 Å². The van der Waals surface area contributed by atoms with E-state index in [4.69, 9.17) is 5.11 Å². The zero-order valence-electron chi connectivity index (χ0n) is 10.9. The predicted molar refractivity (Wildman–Crippen MR) is 70.8 cm³/mol. The number of hydrogen-bond acceptors (Lipinski definition) is 3. The lowest BCUT2D eigenvalue weighted by atomic mass is 9.80. The average Bonchev–Trinajstić information content (AvgIpc) is 2.33. The fourth-order valence-electron chi connectivity index (χ4n) is 2.75. The van der Waals surface area contributed by atoms with Gasteiger partial charge in [-0.25, -0.2) is 9.78 Å². The fourth-order valence-corrected chi connectivity index (χ4v) is 2.75. The molecular formula is C14H20N2O2. The number of carbonyl (C=O) groups is 1. The monoisotopic (exact) mass is 248 g/mol. The standard InChI is InChI=1S/C14H20N2O2/c1-9-5-6-12(10(2)8-9)16-13-11(14(17)18)4-3-7-15-13/h3-4,7,9-10,12H,5-6,8H2,1-2H3,(H,15,16)(H,17,18). The molecule has 0 aromatic carbocycles. The molecule has 1 heterocycles. The first-order chi connectivity index (χ1) is 8.58. The maximum absolute atomic E-state index is 11.1. The average molecular weight is 248 g/mol. The summed E-state index contributed by atoms with van der Waals surface area (Å²) in [6, 6.07) is 3.57. The number of nitrogens with one attached hydrogen (secondary N) is 1. The summed E-state index contributed by atoms with van der Waals surface area (Å²) in [6.45, 7) is 4.49. The number of hydrogen-bond donors (Lipinski definition) is 2. The van der Waals surface area contributed by atoms with Crippen molar-refractivity contribution < 1.29 is 9.90 Å². The van der Waals surface area contributed by atoms with E-state index >= 15 is 0 Å². The van der Waals surface area contributed by atoms with Gasteiger partial charge in [-0.1, -0.05) is 13.8 Å². The van der Waals surface area contributed by atoms with Crippen molar-refractivity contribution in [3.63, 3.8) is 0 Å². The highest BCUT2D eigenvalue weighted by Gasteiger charge is 2.26. The van der Waals surface area contributed by atoms with E-state index in [2.05, 4.69) is 24.1 Å². The number of carboxylic acids is 1. The molecular weight excluding hydrogens is 228 g/mol. The van der Waals surface area contributed by atoms with Crippen LogP contribution in [0.2, 0.25) is 0 Å². The SMILES string of the molecule is CC1CCC(Nc2ncccc2C(=O)O)C(C)C1. The Bertz CT molecular complexity index is 434. The molecule has 0 radical (unpaired) electrons. The third kappa shape index (κ3) is 2.81. The molecule has 98 valence electrons. The smallest absolute Gasteiger partial charge is 0.339 e. The summed E-state index contributed by atoms with van der Waals surface area (Å²) in [6.07, 6.45) is 5.09. The van der Waals surface area contributed by atoms with Crippen LogP contribution >= 0.6 is 0 Å². The molecule has 0 spiro atoms. The van der Waals surface area contributed by atoms with Gasteiger partial charge < -0.3 is 10.4 Å². The van der Waals surface area contributed by atoms with Crippen LogP contribution < -0.4 is 5.32 Å². The van der Waals surface area contributed by atoms with Crippen LogP contribution in [0.15, 0.2) is 18.3 Å². The van der Waals surface area contributed by atoms with Gasteiger partial charge >= 0.3 is 5.97 Å². The van der Waals surface area contributed by atoms with Crippen molar-refractivity contribution in [2.75, 3.05) is 5.32 Å². The summed E-state index contributed by atoms with van der Waals surface area (Å²) in [4.78, 5) is 15.3. The third-order valence-electron chi connectivity index (χ3n) is 3.79. The molecule has 4 heteroatoms. The number of aromatic nitrogens is 1. The minimum Gasteiger partial charge on any atom is -0.478 e. The molecule has 18 heavy (non-hydrogen) atoms. The second kappa shape index (κ2) is 5.38.